The molecular formula is C14H17N5O3. The Morgan fingerprint density at radius 3 is 2.55 bits per heavy atom. The lowest BCUT2D eigenvalue weighted by Gasteiger charge is -2.19. The summed E-state index contributed by atoms with van der Waals surface area (Å²) in [5.74, 6) is 0.390. The standard InChI is InChI=1S/C14H17N5O3/c1-14(2,3)22-13(21)17-6-10-4-15-12(16-5-10)19-7-11(8-20)18-9-19/h4-5,7-9H,6H2,1-3H3,(H,17,21). The summed E-state index contributed by atoms with van der Waals surface area (Å²) in [6.45, 7) is 5.65. The fourth-order valence-electron chi connectivity index (χ4n) is 1.57. The highest BCUT2D eigenvalue weighted by Gasteiger charge is 2.15. The third-order valence-electron chi connectivity index (χ3n) is 2.48. The van der Waals surface area contributed by atoms with Gasteiger partial charge in [0.1, 0.15) is 17.6 Å². The van der Waals surface area contributed by atoms with Crippen molar-refractivity contribution in [2.24, 2.45) is 0 Å². The molecule has 0 saturated heterocycles. The van der Waals surface area contributed by atoms with Crippen LogP contribution in [0.1, 0.15) is 36.8 Å². The van der Waals surface area contributed by atoms with E-state index in [2.05, 4.69) is 20.3 Å². The van der Waals surface area contributed by atoms with Crippen LogP contribution in [0.3, 0.4) is 0 Å². The number of amides is 1. The maximum absolute atomic E-state index is 11.5. The molecule has 0 radical (unpaired) electrons. The monoisotopic (exact) mass is 303 g/mol. The van der Waals surface area contributed by atoms with Gasteiger partial charge in [0.05, 0.1) is 0 Å². The second-order valence-electron chi connectivity index (χ2n) is 5.57. The van der Waals surface area contributed by atoms with Gasteiger partial charge in [-0.2, -0.15) is 0 Å². The Morgan fingerprint density at radius 2 is 2.00 bits per heavy atom. The molecule has 0 atom stereocenters. The normalized spacial score (nSPS) is 11.0. The summed E-state index contributed by atoms with van der Waals surface area (Å²) in [5, 5.41) is 2.62. The van der Waals surface area contributed by atoms with Gasteiger partial charge >= 0.3 is 6.09 Å². The smallest absolute Gasteiger partial charge is 0.407 e. The van der Waals surface area contributed by atoms with Crippen molar-refractivity contribution >= 4 is 12.4 Å². The van der Waals surface area contributed by atoms with Crippen molar-refractivity contribution in [1.82, 2.24) is 24.8 Å². The average molecular weight is 303 g/mol. The third kappa shape index (κ3) is 4.37. The van der Waals surface area contributed by atoms with Crippen molar-refractivity contribution in [1.29, 1.82) is 0 Å². The Bertz CT molecular complexity index is 658. The second kappa shape index (κ2) is 6.33. The van der Waals surface area contributed by atoms with Crippen LogP contribution in [0.4, 0.5) is 4.79 Å². The van der Waals surface area contributed by atoms with Gasteiger partial charge in [-0.25, -0.2) is 19.7 Å². The fraction of sp³-hybridized carbons (Fsp3) is 0.357. The molecule has 116 valence electrons. The van der Waals surface area contributed by atoms with E-state index in [9.17, 15) is 9.59 Å². The number of carbonyl (C=O) groups excluding carboxylic acids is 2. The minimum Gasteiger partial charge on any atom is -0.444 e. The van der Waals surface area contributed by atoms with Crippen LogP contribution in [0.5, 0.6) is 0 Å². The number of hydrogen-bond acceptors (Lipinski definition) is 6. The van der Waals surface area contributed by atoms with Crippen molar-refractivity contribution in [2.75, 3.05) is 0 Å². The summed E-state index contributed by atoms with van der Waals surface area (Å²) >= 11 is 0. The molecule has 0 aliphatic carbocycles. The molecule has 22 heavy (non-hydrogen) atoms. The minimum atomic E-state index is -0.540. The molecule has 0 aliphatic rings. The Morgan fingerprint density at radius 1 is 1.32 bits per heavy atom. The van der Waals surface area contributed by atoms with Crippen molar-refractivity contribution in [3.63, 3.8) is 0 Å². The van der Waals surface area contributed by atoms with Gasteiger partial charge in [-0.05, 0) is 20.8 Å². The maximum atomic E-state index is 11.5. The van der Waals surface area contributed by atoms with E-state index < -0.39 is 11.7 Å². The predicted octanol–water partition coefficient (Wildman–Crippen LogP) is 1.50. The molecule has 0 unspecified atom stereocenters. The molecule has 8 heteroatoms. The largest absolute Gasteiger partial charge is 0.444 e. The summed E-state index contributed by atoms with van der Waals surface area (Å²) in [6.07, 6.45) is 6.30. The third-order valence-corrected chi connectivity index (χ3v) is 2.48. The number of ether oxygens (including phenoxy) is 1. The number of imidazole rings is 1. The first-order valence-electron chi connectivity index (χ1n) is 6.65. The van der Waals surface area contributed by atoms with Crippen molar-refractivity contribution < 1.29 is 14.3 Å². The van der Waals surface area contributed by atoms with E-state index in [1.54, 1.807) is 33.2 Å². The molecule has 0 spiro atoms. The lowest BCUT2D eigenvalue weighted by atomic mass is 10.2. The summed E-state index contributed by atoms with van der Waals surface area (Å²) in [6, 6.07) is 0. The maximum Gasteiger partial charge on any atom is 0.407 e. The number of aldehydes is 1. The number of nitrogens with one attached hydrogen (secondary N) is 1. The highest BCUT2D eigenvalue weighted by Crippen LogP contribution is 2.07. The minimum absolute atomic E-state index is 0.263. The molecule has 0 aliphatic heterocycles. The van der Waals surface area contributed by atoms with E-state index in [4.69, 9.17) is 4.74 Å². The van der Waals surface area contributed by atoms with Crippen LogP contribution in [0.15, 0.2) is 24.9 Å². The highest BCUT2D eigenvalue weighted by atomic mass is 16.6. The van der Waals surface area contributed by atoms with Crippen LogP contribution >= 0.6 is 0 Å². The Labute approximate surface area is 127 Å². The van der Waals surface area contributed by atoms with E-state index in [-0.39, 0.29) is 6.54 Å². The van der Waals surface area contributed by atoms with E-state index in [1.165, 1.54) is 17.1 Å². The van der Waals surface area contributed by atoms with Gasteiger partial charge in [-0.1, -0.05) is 0 Å². The molecule has 2 aromatic rings. The summed E-state index contributed by atoms with van der Waals surface area (Å²) in [7, 11) is 0. The van der Waals surface area contributed by atoms with Gasteiger partial charge in [-0.3, -0.25) is 9.36 Å². The quantitative estimate of drug-likeness (QED) is 0.859. The SMILES string of the molecule is CC(C)(C)OC(=O)NCc1cnc(-n2cnc(C=O)c2)nc1. The van der Waals surface area contributed by atoms with Gasteiger partial charge < -0.3 is 10.1 Å². The number of aromatic nitrogens is 4. The van der Waals surface area contributed by atoms with Gasteiger partial charge in [0.2, 0.25) is 5.95 Å². The van der Waals surface area contributed by atoms with E-state index >= 15 is 0 Å². The van der Waals surface area contributed by atoms with Crippen LogP contribution in [0, 0.1) is 0 Å². The van der Waals surface area contributed by atoms with E-state index in [0.29, 0.717) is 17.9 Å². The zero-order valence-corrected chi connectivity index (χ0v) is 12.6. The van der Waals surface area contributed by atoms with E-state index in [0.717, 1.165) is 5.56 Å². The first-order valence-corrected chi connectivity index (χ1v) is 6.65. The molecule has 0 fully saturated rings. The highest BCUT2D eigenvalue weighted by molar-refractivity contribution is 5.71. The first kappa shape index (κ1) is 15.6. The molecule has 8 nitrogen and oxygen atoms in total. The lowest BCUT2D eigenvalue weighted by molar-refractivity contribution is 0.0523. The molecule has 1 amide bonds. The van der Waals surface area contributed by atoms with Gasteiger partial charge in [0.15, 0.2) is 6.29 Å². The first-order chi connectivity index (χ1) is 10.4. The number of nitrogens with zero attached hydrogens (tertiary/aromatic N) is 4. The molecule has 1 N–H and O–H groups in total. The number of hydrogen-bond donors (Lipinski definition) is 1. The van der Waals surface area contributed by atoms with Crippen LogP contribution < -0.4 is 5.32 Å². The number of rotatable bonds is 4. The van der Waals surface area contributed by atoms with Gasteiger partial charge in [0.25, 0.3) is 0 Å². The topological polar surface area (TPSA) is 99.0 Å². The van der Waals surface area contributed by atoms with Gasteiger partial charge in [-0.15, -0.1) is 0 Å². The molecule has 2 rings (SSSR count). The fourth-order valence-corrected chi connectivity index (χ4v) is 1.57. The van der Waals surface area contributed by atoms with Crippen LogP contribution in [-0.2, 0) is 11.3 Å². The zero-order valence-electron chi connectivity index (χ0n) is 12.6. The molecular weight excluding hydrogens is 286 g/mol. The van der Waals surface area contributed by atoms with Crippen molar-refractivity contribution in [3.05, 3.63) is 36.2 Å². The average Bonchev–Trinajstić information content (AvgIpc) is 2.93. The molecule has 0 bridgehead atoms. The summed E-state index contributed by atoms with van der Waals surface area (Å²) in [4.78, 5) is 34.3. The van der Waals surface area contributed by atoms with Crippen molar-refractivity contribution in [2.45, 2.75) is 32.9 Å². The lowest BCUT2D eigenvalue weighted by Crippen LogP contribution is -2.32. The van der Waals surface area contributed by atoms with Gasteiger partial charge in [0, 0.05) is 30.7 Å². The van der Waals surface area contributed by atoms with Crippen LogP contribution in [0.25, 0.3) is 5.95 Å². The number of carbonyl (C=O) groups is 2. The molecule has 2 aromatic heterocycles. The predicted molar refractivity (Wildman–Crippen MR) is 77.6 cm³/mol. The summed E-state index contributed by atoms with van der Waals surface area (Å²) in [5.41, 5.74) is 0.493. The molecule has 0 saturated carbocycles. The molecule has 0 aromatic carbocycles. The van der Waals surface area contributed by atoms with E-state index in [1.807, 2.05) is 0 Å². The zero-order chi connectivity index (χ0) is 16.2. The summed E-state index contributed by atoms with van der Waals surface area (Å²) < 4.78 is 6.67. The Kier molecular flexibility index (Phi) is 4.50. The Hall–Kier alpha value is -2.77. The van der Waals surface area contributed by atoms with Crippen LogP contribution in [-0.4, -0.2) is 37.5 Å². The molecule has 2 heterocycles. The van der Waals surface area contributed by atoms with Crippen molar-refractivity contribution in [3.8, 4) is 5.95 Å². The Balaban J connectivity index is 1.94. The second-order valence-corrected chi connectivity index (χ2v) is 5.57. The van der Waals surface area contributed by atoms with Crippen LogP contribution in [0.2, 0.25) is 0 Å². The number of alkyl carbamates (subject to hydrolysis) is 1.